The van der Waals surface area contributed by atoms with Crippen molar-refractivity contribution in [2.45, 2.75) is 11.3 Å². The standard InChI is InChI=1S/C18H14ClN3O6S/c19-12-2-4-13(5-3-12)29(24,25)8-7-16(23)20-18-22-21-17(28-18)11-1-6-14-15(9-11)27-10-26-14/h1-6,9H,7-8,10H2,(H,20,22,23). The number of fused-ring (bicyclic) bond motifs is 1. The third kappa shape index (κ3) is 4.33. The summed E-state index contributed by atoms with van der Waals surface area (Å²) in [4.78, 5) is 12.2. The lowest BCUT2D eigenvalue weighted by atomic mass is 10.2. The highest BCUT2D eigenvalue weighted by atomic mass is 35.5. The second-order valence-electron chi connectivity index (χ2n) is 6.05. The minimum Gasteiger partial charge on any atom is -0.454 e. The van der Waals surface area contributed by atoms with E-state index in [2.05, 4.69) is 15.5 Å². The number of anilines is 1. The Morgan fingerprint density at radius 1 is 1.07 bits per heavy atom. The Hall–Kier alpha value is -3.11. The van der Waals surface area contributed by atoms with Crippen LogP contribution < -0.4 is 14.8 Å². The zero-order chi connectivity index (χ0) is 20.4. The number of rotatable bonds is 6. The van der Waals surface area contributed by atoms with Gasteiger partial charge in [-0.3, -0.25) is 10.1 Å². The first-order chi connectivity index (χ1) is 13.9. The van der Waals surface area contributed by atoms with Gasteiger partial charge in [-0.1, -0.05) is 16.7 Å². The van der Waals surface area contributed by atoms with Crippen LogP contribution in [-0.2, 0) is 14.6 Å². The molecule has 1 aliphatic heterocycles. The molecule has 11 heteroatoms. The average molecular weight is 436 g/mol. The van der Waals surface area contributed by atoms with Crippen molar-refractivity contribution < 1.29 is 27.1 Å². The highest BCUT2D eigenvalue weighted by Crippen LogP contribution is 2.35. The van der Waals surface area contributed by atoms with Crippen LogP contribution in [0.4, 0.5) is 6.01 Å². The van der Waals surface area contributed by atoms with E-state index in [-0.39, 0.29) is 35.8 Å². The Morgan fingerprint density at radius 2 is 1.83 bits per heavy atom. The van der Waals surface area contributed by atoms with Gasteiger partial charge in [-0.15, -0.1) is 5.10 Å². The topological polar surface area (TPSA) is 121 Å². The van der Waals surface area contributed by atoms with E-state index in [0.29, 0.717) is 22.1 Å². The van der Waals surface area contributed by atoms with Crippen LogP contribution in [0.15, 0.2) is 51.8 Å². The Labute approximate surface area is 170 Å². The van der Waals surface area contributed by atoms with Gasteiger partial charge < -0.3 is 13.9 Å². The van der Waals surface area contributed by atoms with Gasteiger partial charge in [0.25, 0.3) is 0 Å². The molecule has 150 valence electrons. The van der Waals surface area contributed by atoms with Crippen molar-refractivity contribution in [1.29, 1.82) is 0 Å². The summed E-state index contributed by atoms with van der Waals surface area (Å²) in [6.45, 7) is 0.142. The summed E-state index contributed by atoms with van der Waals surface area (Å²) in [6, 6.07) is 10.7. The summed E-state index contributed by atoms with van der Waals surface area (Å²) in [7, 11) is -3.62. The predicted octanol–water partition coefficient (Wildman–Crippen LogP) is 2.92. The molecule has 0 bridgehead atoms. The zero-order valence-corrected chi connectivity index (χ0v) is 16.4. The van der Waals surface area contributed by atoms with Gasteiger partial charge in [0.05, 0.1) is 10.6 Å². The average Bonchev–Trinajstić information content (AvgIpc) is 3.35. The number of carbonyl (C=O) groups is 1. The van der Waals surface area contributed by atoms with Gasteiger partial charge in [0, 0.05) is 17.0 Å². The summed E-state index contributed by atoms with van der Waals surface area (Å²) in [5.74, 6) is 0.405. The van der Waals surface area contributed by atoms with E-state index in [1.807, 2.05) is 0 Å². The van der Waals surface area contributed by atoms with Crippen LogP contribution >= 0.6 is 11.6 Å². The van der Waals surface area contributed by atoms with E-state index < -0.39 is 15.7 Å². The molecule has 9 nitrogen and oxygen atoms in total. The number of nitrogens with one attached hydrogen (secondary N) is 1. The molecule has 2 heterocycles. The maximum absolute atomic E-state index is 12.3. The van der Waals surface area contributed by atoms with E-state index in [4.69, 9.17) is 25.5 Å². The number of hydrogen-bond donors (Lipinski definition) is 1. The molecular weight excluding hydrogens is 422 g/mol. The molecule has 0 unspecified atom stereocenters. The first-order valence-corrected chi connectivity index (χ1v) is 10.5. The number of hydrogen-bond acceptors (Lipinski definition) is 8. The van der Waals surface area contributed by atoms with Crippen molar-refractivity contribution in [3.63, 3.8) is 0 Å². The van der Waals surface area contributed by atoms with Gasteiger partial charge in [0.15, 0.2) is 21.3 Å². The number of sulfone groups is 1. The molecule has 0 fully saturated rings. The highest BCUT2D eigenvalue weighted by Gasteiger charge is 2.19. The number of benzene rings is 2. The van der Waals surface area contributed by atoms with Crippen LogP contribution in [-0.4, -0.2) is 37.1 Å². The number of ether oxygens (including phenoxy) is 2. The summed E-state index contributed by atoms with van der Waals surface area (Å²) in [5, 5.41) is 10.4. The Kier molecular flexibility index (Phi) is 5.12. The van der Waals surface area contributed by atoms with Crippen molar-refractivity contribution in [2.24, 2.45) is 0 Å². The predicted molar refractivity (Wildman–Crippen MR) is 103 cm³/mol. The van der Waals surface area contributed by atoms with Crippen LogP contribution in [0.5, 0.6) is 11.5 Å². The maximum atomic E-state index is 12.3. The number of amides is 1. The largest absolute Gasteiger partial charge is 0.454 e. The molecule has 0 saturated carbocycles. The van der Waals surface area contributed by atoms with Crippen LogP contribution in [0, 0.1) is 0 Å². The molecule has 1 amide bonds. The molecule has 1 aliphatic rings. The molecule has 0 spiro atoms. The molecule has 0 atom stereocenters. The molecule has 0 aliphatic carbocycles. The summed E-state index contributed by atoms with van der Waals surface area (Å²) in [6.07, 6.45) is -0.271. The number of halogens is 1. The van der Waals surface area contributed by atoms with E-state index in [1.54, 1.807) is 18.2 Å². The molecule has 2 aromatic carbocycles. The van der Waals surface area contributed by atoms with Gasteiger partial charge in [-0.2, -0.15) is 0 Å². The molecule has 0 radical (unpaired) electrons. The summed E-state index contributed by atoms with van der Waals surface area (Å²) >= 11 is 5.76. The van der Waals surface area contributed by atoms with Crippen molar-refractivity contribution in [1.82, 2.24) is 10.2 Å². The number of nitrogens with zero attached hydrogens (tertiary/aromatic N) is 2. The van der Waals surface area contributed by atoms with Crippen LogP contribution in [0.1, 0.15) is 6.42 Å². The van der Waals surface area contributed by atoms with Gasteiger partial charge in [0.1, 0.15) is 0 Å². The lowest BCUT2D eigenvalue weighted by molar-refractivity contribution is -0.115. The molecule has 3 aromatic rings. The second-order valence-corrected chi connectivity index (χ2v) is 8.60. The lowest BCUT2D eigenvalue weighted by Crippen LogP contribution is -2.17. The number of carbonyl (C=O) groups excluding carboxylic acids is 1. The highest BCUT2D eigenvalue weighted by molar-refractivity contribution is 7.91. The van der Waals surface area contributed by atoms with E-state index in [0.717, 1.165) is 0 Å². The number of aromatic nitrogens is 2. The fourth-order valence-corrected chi connectivity index (χ4v) is 3.96. The first kappa shape index (κ1) is 19.2. The van der Waals surface area contributed by atoms with Crippen molar-refractivity contribution in [2.75, 3.05) is 17.9 Å². The van der Waals surface area contributed by atoms with Crippen LogP contribution in [0.3, 0.4) is 0 Å². The third-order valence-electron chi connectivity index (χ3n) is 4.06. The molecule has 1 aromatic heterocycles. The smallest absolute Gasteiger partial charge is 0.322 e. The van der Waals surface area contributed by atoms with Gasteiger partial charge >= 0.3 is 6.01 Å². The van der Waals surface area contributed by atoms with Crippen molar-refractivity contribution in [3.8, 4) is 23.0 Å². The molecule has 0 saturated heterocycles. The second kappa shape index (κ2) is 7.72. The minimum atomic E-state index is -3.62. The fourth-order valence-electron chi connectivity index (χ4n) is 2.59. The van der Waals surface area contributed by atoms with Crippen molar-refractivity contribution >= 4 is 33.4 Å². The minimum absolute atomic E-state index is 0.0950. The molecule has 4 rings (SSSR count). The molecule has 1 N–H and O–H groups in total. The molecular formula is C18H14ClN3O6S. The van der Waals surface area contributed by atoms with Gasteiger partial charge in [-0.25, -0.2) is 8.42 Å². The van der Waals surface area contributed by atoms with Crippen molar-refractivity contribution in [3.05, 3.63) is 47.5 Å². The fraction of sp³-hybridized carbons (Fsp3) is 0.167. The summed E-state index contributed by atoms with van der Waals surface area (Å²) < 4.78 is 40.5. The van der Waals surface area contributed by atoms with E-state index >= 15 is 0 Å². The quantitative estimate of drug-likeness (QED) is 0.627. The van der Waals surface area contributed by atoms with Crippen LogP contribution in [0.25, 0.3) is 11.5 Å². The molecule has 29 heavy (non-hydrogen) atoms. The first-order valence-electron chi connectivity index (χ1n) is 8.42. The third-order valence-corrected chi connectivity index (χ3v) is 6.05. The van der Waals surface area contributed by atoms with E-state index in [1.165, 1.54) is 24.3 Å². The Balaban J connectivity index is 1.37. The lowest BCUT2D eigenvalue weighted by Gasteiger charge is -2.04. The van der Waals surface area contributed by atoms with Gasteiger partial charge in [-0.05, 0) is 42.5 Å². The Morgan fingerprint density at radius 3 is 2.62 bits per heavy atom. The normalized spacial score (nSPS) is 12.7. The van der Waals surface area contributed by atoms with Gasteiger partial charge in [0.2, 0.25) is 18.6 Å². The Bertz CT molecular complexity index is 1160. The summed E-state index contributed by atoms with van der Waals surface area (Å²) in [5.41, 5.74) is 0.590. The monoisotopic (exact) mass is 435 g/mol. The zero-order valence-electron chi connectivity index (χ0n) is 14.8. The van der Waals surface area contributed by atoms with E-state index in [9.17, 15) is 13.2 Å². The SMILES string of the molecule is O=C(CCS(=O)(=O)c1ccc(Cl)cc1)Nc1nnc(-c2ccc3c(c2)OCO3)o1. The maximum Gasteiger partial charge on any atom is 0.322 e. The van der Waals surface area contributed by atoms with Crippen LogP contribution in [0.2, 0.25) is 5.02 Å².